The van der Waals surface area contributed by atoms with Crippen molar-refractivity contribution in [1.82, 2.24) is 10.6 Å². The van der Waals surface area contributed by atoms with E-state index in [9.17, 15) is 4.79 Å². The molecule has 7 heteroatoms. The Labute approximate surface area is 159 Å². The lowest BCUT2D eigenvalue weighted by atomic mass is 10.1. The fourth-order valence-electron chi connectivity index (χ4n) is 2.68. The predicted octanol–water partition coefficient (Wildman–Crippen LogP) is 3.23. The summed E-state index contributed by atoms with van der Waals surface area (Å²) in [4.78, 5) is 14.1. The minimum atomic E-state index is 0. The van der Waals surface area contributed by atoms with Crippen LogP contribution in [0, 0.1) is 5.92 Å². The Balaban J connectivity index is 0.00000242. The van der Waals surface area contributed by atoms with Gasteiger partial charge in [-0.15, -0.1) is 24.8 Å². The molecular weight excluding hydrogens is 401 g/mol. The molecule has 132 valence electrons. The van der Waals surface area contributed by atoms with Crippen LogP contribution >= 0.6 is 40.7 Å². The Morgan fingerprint density at radius 2 is 2.17 bits per heavy atom. The Morgan fingerprint density at radius 3 is 2.87 bits per heavy atom. The molecule has 2 rings (SSSR count). The van der Waals surface area contributed by atoms with Crippen molar-refractivity contribution in [2.45, 2.75) is 19.3 Å². The molecule has 1 atom stereocenters. The van der Waals surface area contributed by atoms with E-state index in [0.717, 1.165) is 43.5 Å². The predicted molar refractivity (Wildman–Crippen MR) is 105 cm³/mol. The molecular formula is C16H26BrCl2N3O. The number of nitrogens with zero attached hydrogens (tertiary/aromatic N) is 1. The van der Waals surface area contributed by atoms with Gasteiger partial charge in [0.1, 0.15) is 0 Å². The van der Waals surface area contributed by atoms with E-state index in [0.29, 0.717) is 12.3 Å². The number of hydrogen-bond acceptors (Lipinski definition) is 3. The normalized spacial score (nSPS) is 16.4. The largest absolute Gasteiger partial charge is 0.371 e. The van der Waals surface area contributed by atoms with E-state index in [1.54, 1.807) is 0 Å². The van der Waals surface area contributed by atoms with Crippen LogP contribution < -0.4 is 15.5 Å². The highest BCUT2D eigenvalue weighted by Gasteiger charge is 2.23. The number of amides is 1. The lowest BCUT2D eigenvalue weighted by Gasteiger charge is -2.19. The maximum Gasteiger partial charge on any atom is 0.220 e. The molecule has 1 aliphatic rings. The van der Waals surface area contributed by atoms with Gasteiger partial charge >= 0.3 is 0 Å². The highest BCUT2D eigenvalue weighted by Crippen LogP contribution is 2.25. The van der Waals surface area contributed by atoms with Gasteiger partial charge < -0.3 is 15.5 Å². The fraction of sp³-hybridized carbons (Fsp3) is 0.562. The zero-order valence-electron chi connectivity index (χ0n) is 13.4. The van der Waals surface area contributed by atoms with Crippen molar-refractivity contribution in [1.29, 1.82) is 0 Å². The van der Waals surface area contributed by atoms with Gasteiger partial charge in [0.25, 0.3) is 0 Å². The van der Waals surface area contributed by atoms with Gasteiger partial charge in [0.15, 0.2) is 0 Å². The molecule has 2 N–H and O–H groups in total. The molecule has 1 aliphatic heterocycles. The van der Waals surface area contributed by atoms with Crippen LogP contribution in [0.1, 0.15) is 19.3 Å². The van der Waals surface area contributed by atoms with E-state index >= 15 is 0 Å². The van der Waals surface area contributed by atoms with Crippen molar-refractivity contribution >= 4 is 52.3 Å². The summed E-state index contributed by atoms with van der Waals surface area (Å²) in [7, 11) is 1.91. The lowest BCUT2D eigenvalue weighted by molar-refractivity contribution is -0.121. The molecule has 1 amide bonds. The summed E-state index contributed by atoms with van der Waals surface area (Å²) in [6, 6.07) is 8.40. The van der Waals surface area contributed by atoms with E-state index in [-0.39, 0.29) is 30.7 Å². The third-order valence-electron chi connectivity index (χ3n) is 3.88. The first-order valence-corrected chi connectivity index (χ1v) is 8.40. The minimum absolute atomic E-state index is 0. The molecule has 0 radical (unpaired) electrons. The minimum Gasteiger partial charge on any atom is -0.371 e. The first-order chi connectivity index (χ1) is 10.2. The molecule has 1 aromatic rings. The van der Waals surface area contributed by atoms with E-state index < -0.39 is 0 Å². The highest BCUT2D eigenvalue weighted by atomic mass is 79.9. The van der Waals surface area contributed by atoms with E-state index in [4.69, 9.17) is 0 Å². The molecule has 1 unspecified atom stereocenters. The van der Waals surface area contributed by atoms with Crippen molar-refractivity contribution in [2.75, 3.05) is 38.1 Å². The van der Waals surface area contributed by atoms with Gasteiger partial charge in [-0.2, -0.15) is 0 Å². The maximum absolute atomic E-state index is 11.7. The summed E-state index contributed by atoms with van der Waals surface area (Å²) in [5.74, 6) is 0.725. The molecule has 0 aromatic heterocycles. The Bertz CT molecular complexity index is 476. The van der Waals surface area contributed by atoms with Crippen LogP contribution in [-0.2, 0) is 4.79 Å². The van der Waals surface area contributed by atoms with Crippen molar-refractivity contribution < 1.29 is 4.79 Å². The van der Waals surface area contributed by atoms with Crippen molar-refractivity contribution in [3.8, 4) is 0 Å². The third kappa shape index (κ3) is 7.75. The van der Waals surface area contributed by atoms with Crippen LogP contribution in [0.25, 0.3) is 0 Å². The van der Waals surface area contributed by atoms with E-state index in [1.165, 1.54) is 5.69 Å². The van der Waals surface area contributed by atoms with Crippen LogP contribution in [0.2, 0.25) is 0 Å². The van der Waals surface area contributed by atoms with Crippen molar-refractivity contribution in [2.24, 2.45) is 5.92 Å². The second kappa shape index (κ2) is 12.0. The number of carbonyl (C=O) groups excluding carboxylic acids is 1. The van der Waals surface area contributed by atoms with Gasteiger partial charge in [0.05, 0.1) is 0 Å². The first kappa shape index (κ1) is 22.5. The standard InChI is InChI=1S/C16H24BrN3O.2ClH/c1-18-8-3-6-16(21)19-11-13-7-9-20(12-13)15-5-2-4-14(17)10-15;;/h2,4-5,10,13,18H,3,6-9,11-12H2,1H3,(H,19,21);2*1H. The third-order valence-corrected chi connectivity index (χ3v) is 4.37. The van der Waals surface area contributed by atoms with E-state index in [1.807, 2.05) is 13.1 Å². The summed E-state index contributed by atoms with van der Waals surface area (Å²) in [5.41, 5.74) is 1.26. The monoisotopic (exact) mass is 425 g/mol. The quantitative estimate of drug-likeness (QED) is 0.657. The van der Waals surface area contributed by atoms with Crippen LogP contribution in [-0.4, -0.2) is 39.1 Å². The summed E-state index contributed by atoms with van der Waals surface area (Å²) < 4.78 is 1.11. The SMILES string of the molecule is CNCCCC(=O)NCC1CCN(c2cccc(Br)c2)C1.Cl.Cl. The van der Waals surface area contributed by atoms with Gasteiger partial charge in [-0.25, -0.2) is 0 Å². The van der Waals surface area contributed by atoms with Gasteiger partial charge in [-0.05, 0) is 50.6 Å². The molecule has 4 nitrogen and oxygen atoms in total. The summed E-state index contributed by atoms with van der Waals surface area (Å²) in [6.45, 7) is 3.78. The number of rotatable bonds is 7. The molecule has 1 fully saturated rings. The Kier molecular flexibility index (Phi) is 11.7. The molecule has 0 bridgehead atoms. The topological polar surface area (TPSA) is 44.4 Å². The van der Waals surface area contributed by atoms with Gasteiger partial charge in [0.2, 0.25) is 5.91 Å². The first-order valence-electron chi connectivity index (χ1n) is 7.61. The number of anilines is 1. The molecule has 1 heterocycles. The molecule has 0 spiro atoms. The Hall–Kier alpha value is -0.490. The van der Waals surface area contributed by atoms with Crippen molar-refractivity contribution in [3.05, 3.63) is 28.7 Å². The molecule has 1 saturated heterocycles. The second-order valence-corrected chi connectivity index (χ2v) is 6.51. The average molecular weight is 427 g/mol. The highest BCUT2D eigenvalue weighted by molar-refractivity contribution is 9.10. The second-order valence-electron chi connectivity index (χ2n) is 5.59. The summed E-state index contributed by atoms with van der Waals surface area (Å²) in [6.07, 6.45) is 2.66. The number of halogens is 3. The van der Waals surface area contributed by atoms with Gasteiger partial charge in [0, 0.05) is 36.2 Å². The summed E-state index contributed by atoms with van der Waals surface area (Å²) in [5, 5.41) is 6.12. The Morgan fingerprint density at radius 1 is 1.39 bits per heavy atom. The number of benzene rings is 1. The maximum atomic E-state index is 11.7. The molecule has 0 aliphatic carbocycles. The smallest absolute Gasteiger partial charge is 0.220 e. The average Bonchev–Trinajstić information content (AvgIpc) is 2.94. The van der Waals surface area contributed by atoms with Crippen molar-refractivity contribution in [3.63, 3.8) is 0 Å². The van der Waals surface area contributed by atoms with E-state index in [2.05, 4.69) is 49.7 Å². The molecule has 1 aromatic carbocycles. The lowest BCUT2D eigenvalue weighted by Crippen LogP contribution is -2.31. The molecule has 0 saturated carbocycles. The van der Waals surface area contributed by atoms with Crippen LogP contribution in [0.5, 0.6) is 0 Å². The number of hydrogen-bond donors (Lipinski definition) is 2. The van der Waals surface area contributed by atoms with Crippen LogP contribution in [0.4, 0.5) is 5.69 Å². The van der Waals surface area contributed by atoms with Gasteiger partial charge in [-0.1, -0.05) is 22.0 Å². The van der Waals surface area contributed by atoms with Crippen LogP contribution in [0.15, 0.2) is 28.7 Å². The van der Waals surface area contributed by atoms with Crippen LogP contribution in [0.3, 0.4) is 0 Å². The number of nitrogens with one attached hydrogen (secondary N) is 2. The summed E-state index contributed by atoms with van der Waals surface area (Å²) >= 11 is 3.52. The van der Waals surface area contributed by atoms with Gasteiger partial charge in [-0.3, -0.25) is 4.79 Å². The zero-order chi connectivity index (χ0) is 15.1. The zero-order valence-corrected chi connectivity index (χ0v) is 16.6. The molecule has 23 heavy (non-hydrogen) atoms. The fourth-order valence-corrected chi connectivity index (χ4v) is 3.07. The number of carbonyl (C=O) groups is 1.